The van der Waals surface area contributed by atoms with E-state index >= 15 is 0 Å². The second kappa shape index (κ2) is 5.25. The standard InChI is InChI=1S/C11H23N3O/c1-13-6-3-11(15-2)10(9-13)14-7-4-12-5-8-14/h10-12H,3-9H2,1-2H3. The molecule has 0 amide bonds. The van der Waals surface area contributed by atoms with Gasteiger partial charge in [0.05, 0.1) is 6.10 Å². The van der Waals surface area contributed by atoms with Crippen LogP contribution in [0.4, 0.5) is 0 Å². The molecule has 0 aromatic rings. The van der Waals surface area contributed by atoms with Gasteiger partial charge in [0.15, 0.2) is 0 Å². The maximum absolute atomic E-state index is 5.62. The molecule has 0 aliphatic carbocycles. The van der Waals surface area contributed by atoms with E-state index < -0.39 is 0 Å². The van der Waals surface area contributed by atoms with Crippen molar-refractivity contribution in [3.05, 3.63) is 0 Å². The van der Waals surface area contributed by atoms with Crippen molar-refractivity contribution in [2.45, 2.75) is 18.6 Å². The monoisotopic (exact) mass is 213 g/mol. The van der Waals surface area contributed by atoms with Gasteiger partial charge in [0.25, 0.3) is 0 Å². The first-order chi connectivity index (χ1) is 7.31. The van der Waals surface area contributed by atoms with Crippen LogP contribution in [0.3, 0.4) is 0 Å². The van der Waals surface area contributed by atoms with Crippen molar-refractivity contribution < 1.29 is 4.74 Å². The van der Waals surface area contributed by atoms with Gasteiger partial charge in [-0.15, -0.1) is 0 Å². The van der Waals surface area contributed by atoms with E-state index in [1.54, 1.807) is 0 Å². The number of likely N-dealkylation sites (tertiary alicyclic amines) is 1. The Hall–Kier alpha value is -0.160. The van der Waals surface area contributed by atoms with E-state index in [0.717, 1.165) is 19.6 Å². The van der Waals surface area contributed by atoms with Crippen molar-refractivity contribution >= 4 is 0 Å². The third-order valence-corrected chi connectivity index (χ3v) is 3.65. The van der Waals surface area contributed by atoms with Crippen LogP contribution in [0, 0.1) is 0 Å². The molecular weight excluding hydrogens is 190 g/mol. The van der Waals surface area contributed by atoms with E-state index in [2.05, 4.69) is 22.2 Å². The Balaban J connectivity index is 1.95. The lowest BCUT2D eigenvalue weighted by Gasteiger charge is -2.44. The van der Waals surface area contributed by atoms with Crippen LogP contribution in [-0.2, 0) is 4.74 Å². The number of hydrogen-bond acceptors (Lipinski definition) is 4. The lowest BCUT2D eigenvalue weighted by Crippen LogP contribution is -2.59. The zero-order valence-corrected chi connectivity index (χ0v) is 9.91. The molecule has 1 N–H and O–H groups in total. The quantitative estimate of drug-likeness (QED) is 0.676. The van der Waals surface area contributed by atoms with Crippen LogP contribution in [0.15, 0.2) is 0 Å². The summed E-state index contributed by atoms with van der Waals surface area (Å²) in [6.07, 6.45) is 1.60. The molecule has 2 rings (SSSR count). The Morgan fingerprint density at radius 1 is 1.20 bits per heavy atom. The third-order valence-electron chi connectivity index (χ3n) is 3.65. The summed E-state index contributed by atoms with van der Waals surface area (Å²) in [5.41, 5.74) is 0. The van der Waals surface area contributed by atoms with Crippen LogP contribution in [0.5, 0.6) is 0 Å². The summed E-state index contributed by atoms with van der Waals surface area (Å²) in [5, 5.41) is 3.40. The largest absolute Gasteiger partial charge is 0.380 e. The van der Waals surface area contributed by atoms with Crippen LogP contribution in [0.25, 0.3) is 0 Å². The molecule has 15 heavy (non-hydrogen) atoms. The lowest BCUT2D eigenvalue weighted by molar-refractivity contribution is -0.0336. The normalized spacial score (nSPS) is 35.6. The highest BCUT2D eigenvalue weighted by Gasteiger charge is 2.32. The van der Waals surface area contributed by atoms with E-state index in [4.69, 9.17) is 4.74 Å². The molecule has 2 aliphatic heterocycles. The molecule has 2 heterocycles. The molecule has 2 saturated heterocycles. The van der Waals surface area contributed by atoms with Crippen molar-refractivity contribution in [3.63, 3.8) is 0 Å². The van der Waals surface area contributed by atoms with Crippen molar-refractivity contribution in [1.82, 2.24) is 15.1 Å². The maximum Gasteiger partial charge on any atom is 0.0751 e. The Bertz CT molecular complexity index is 194. The van der Waals surface area contributed by atoms with Gasteiger partial charge in [-0.3, -0.25) is 4.90 Å². The smallest absolute Gasteiger partial charge is 0.0751 e. The topological polar surface area (TPSA) is 27.7 Å². The Labute approximate surface area is 92.6 Å². The number of methoxy groups -OCH3 is 1. The number of likely N-dealkylation sites (N-methyl/N-ethyl adjacent to an activating group) is 1. The zero-order chi connectivity index (χ0) is 10.7. The fraction of sp³-hybridized carbons (Fsp3) is 1.00. The Kier molecular flexibility index (Phi) is 3.97. The Morgan fingerprint density at radius 2 is 1.93 bits per heavy atom. The molecule has 0 spiro atoms. The van der Waals surface area contributed by atoms with Crippen molar-refractivity contribution in [2.75, 3.05) is 53.4 Å². The van der Waals surface area contributed by atoms with Crippen LogP contribution < -0.4 is 5.32 Å². The molecule has 2 unspecified atom stereocenters. The van der Waals surface area contributed by atoms with E-state index in [1.165, 1.54) is 26.1 Å². The Morgan fingerprint density at radius 3 is 2.60 bits per heavy atom. The number of nitrogens with zero attached hydrogens (tertiary/aromatic N) is 2. The minimum atomic E-state index is 0.430. The maximum atomic E-state index is 5.62. The SMILES string of the molecule is COC1CCN(C)CC1N1CCNCC1. The molecule has 2 atom stereocenters. The van der Waals surface area contributed by atoms with Gasteiger partial charge in [-0.1, -0.05) is 0 Å². The average molecular weight is 213 g/mol. The molecule has 2 aliphatic rings. The predicted molar refractivity (Wildman–Crippen MR) is 61.1 cm³/mol. The molecule has 4 heteroatoms. The number of rotatable bonds is 2. The van der Waals surface area contributed by atoms with Gasteiger partial charge in [0, 0.05) is 52.4 Å². The average Bonchev–Trinajstić information content (AvgIpc) is 2.30. The number of piperidine rings is 1. The van der Waals surface area contributed by atoms with Gasteiger partial charge in [0.1, 0.15) is 0 Å². The van der Waals surface area contributed by atoms with Gasteiger partial charge in [0.2, 0.25) is 0 Å². The fourth-order valence-electron chi connectivity index (χ4n) is 2.71. The molecule has 0 radical (unpaired) electrons. The van der Waals surface area contributed by atoms with E-state index in [-0.39, 0.29) is 0 Å². The molecule has 4 nitrogen and oxygen atoms in total. The molecule has 0 aromatic carbocycles. The van der Waals surface area contributed by atoms with Gasteiger partial charge in [-0.25, -0.2) is 0 Å². The first-order valence-corrected chi connectivity index (χ1v) is 5.97. The lowest BCUT2D eigenvalue weighted by atomic mass is 10.00. The van der Waals surface area contributed by atoms with Crippen molar-refractivity contribution in [3.8, 4) is 0 Å². The van der Waals surface area contributed by atoms with E-state index in [0.29, 0.717) is 12.1 Å². The minimum Gasteiger partial charge on any atom is -0.380 e. The van der Waals surface area contributed by atoms with Crippen LogP contribution in [-0.4, -0.2) is 75.4 Å². The second-order valence-corrected chi connectivity index (χ2v) is 4.68. The van der Waals surface area contributed by atoms with Gasteiger partial charge in [-0.05, 0) is 13.5 Å². The highest BCUT2D eigenvalue weighted by Crippen LogP contribution is 2.18. The first kappa shape index (κ1) is 11.3. The summed E-state index contributed by atoms with van der Waals surface area (Å²) in [6.45, 7) is 6.89. The highest BCUT2D eigenvalue weighted by atomic mass is 16.5. The van der Waals surface area contributed by atoms with Crippen LogP contribution in [0.2, 0.25) is 0 Å². The second-order valence-electron chi connectivity index (χ2n) is 4.68. The summed E-state index contributed by atoms with van der Waals surface area (Å²) in [6, 6.07) is 0.593. The first-order valence-electron chi connectivity index (χ1n) is 5.97. The molecule has 2 fully saturated rings. The number of piperazine rings is 1. The number of hydrogen-bond donors (Lipinski definition) is 1. The highest BCUT2D eigenvalue weighted by molar-refractivity contribution is 4.89. The third kappa shape index (κ3) is 2.69. The summed E-state index contributed by atoms with van der Waals surface area (Å²) < 4.78 is 5.62. The van der Waals surface area contributed by atoms with Gasteiger partial charge < -0.3 is 15.0 Å². The molecule has 0 bridgehead atoms. The predicted octanol–water partition coefficient (Wildman–Crippen LogP) is -0.389. The zero-order valence-electron chi connectivity index (χ0n) is 9.91. The fourth-order valence-corrected chi connectivity index (χ4v) is 2.71. The van der Waals surface area contributed by atoms with Crippen molar-refractivity contribution in [1.29, 1.82) is 0 Å². The summed E-state index contributed by atoms with van der Waals surface area (Å²) in [4.78, 5) is 5.00. The molecule has 0 aromatic heterocycles. The number of ether oxygens (including phenoxy) is 1. The van der Waals surface area contributed by atoms with E-state index in [9.17, 15) is 0 Å². The van der Waals surface area contributed by atoms with Gasteiger partial charge in [-0.2, -0.15) is 0 Å². The number of nitrogens with one attached hydrogen (secondary N) is 1. The molecular formula is C11H23N3O. The minimum absolute atomic E-state index is 0.430. The summed E-state index contributed by atoms with van der Waals surface area (Å²) in [7, 11) is 4.06. The summed E-state index contributed by atoms with van der Waals surface area (Å²) >= 11 is 0. The van der Waals surface area contributed by atoms with Crippen LogP contribution in [0.1, 0.15) is 6.42 Å². The van der Waals surface area contributed by atoms with Crippen LogP contribution >= 0.6 is 0 Å². The van der Waals surface area contributed by atoms with Crippen molar-refractivity contribution in [2.24, 2.45) is 0 Å². The molecule has 0 saturated carbocycles. The molecule has 88 valence electrons. The van der Waals surface area contributed by atoms with Gasteiger partial charge >= 0.3 is 0 Å². The van der Waals surface area contributed by atoms with E-state index in [1.807, 2.05) is 7.11 Å². The summed E-state index contributed by atoms with van der Waals surface area (Å²) in [5.74, 6) is 0.